The quantitative estimate of drug-likeness (QED) is 0.658. The maximum atomic E-state index is 12.2. The number of carbonyl (C=O) groups excluding carboxylic acids is 2. The van der Waals surface area contributed by atoms with Crippen LogP contribution >= 0.6 is 11.3 Å². The highest BCUT2D eigenvalue weighted by molar-refractivity contribution is 7.13. The number of nitrogens with one attached hydrogen (secondary N) is 2. The van der Waals surface area contributed by atoms with Gasteiger partial charge in [0.25, 0.3) is 0 Å². The number of hydrogen-bond donors (Lipinski definition) is 2. The lowest BCUT2D eigenvalue weighted by molar-refractivity contribution is -0.116. The molecule has 1 aromatic carbocycles. The second-order valence-corrected chi connectivity index (χ2v) is 8.26. The number of hydrogen-bond acceptors (Lipinski definition) is 6. The molecular weight excluding hydrogens is 376 g/mol. The van der Waals surface area contributed by atoms with Crippen LogP contribution in [-0.2, 0) is 27.8 Å². The van der Waals surface area contributed by atoms with Gasteiger partial charge in [-0.1, -0.05) is 56.3 Å². The van der Waals surface area contributed by atoms with Crippen LogP contribution in [0.1, 0.15) is 37.7 Å². The number of benzene rings is 1. The lowest BCUT2D eigenvalue weighted by Gasteiger charge is -2.12. The lowest BCUT2D eigenvalue weighted by atomic mass is 9.92. The van der Waals surface area contributed by atoms with E-state index in [0.717, 1.165) is 11.3 Å². The highest BCUT2D eigenvalue weighted by atomic mass is 32.1. The molecule has 0 atom stereocenters. The maximum absolute atomic E-state index is 12.2. The average Bonchev–Trinajstić information content (AvgIpc) is 3.25. The molecule has 28 heavy (non-hydrogen) atoms. The molecule has 2 heterocycles. The standard InChI is InChI=1S/C20H22N4O3S/c1-20(2,3)15-11-18(27-24-15)22-17(26)10-14-12-28-19(21-14)23-16(25)9-13-7-5-4-6-8-13/h4-8,11-12H,9-10H2,1-3H3,(H,22,26)(H,21,23,25). The topological polar surface area (TPSA) is 97.1 Å². The molecule has 2 N–H and O–H groups in total. The van der Waals surface area contributed by atoms with Gasteiger partial charge in [-0.05, 0) is 5.56 Å². The van der Waals surface area contributed by atoms with Gasteiger partial charge in [0.2, 0.25) is 17.7 Å². The Morgan fingerprint density at radius 1 is 1.07 bits per heavy atom. The van der Waals surface area contributed by atoms with Crippen molar-refractivity contribution in [3.8, 4) is 0 Å². The second-order valence-electron chi connectivity index (χ2n) is 7.41. The summed E-state index contributed by atoms with van der Waals surface area (Å²) in [5.74, 6) is -0.0986. The minimum Gasteiger partial charge on any atom is -0.338 e. The highest BCUT2D eigenvalue weighted by Gasteiger charge is 2.20. The number of nitrogens with zero attached hydrogens (tertiary/aromatic N) is 2. The molecule has 7 nitrogen and oxygen atoms in total. The molecule has 0 radical (unpaired) electrons. The predicted octanol–water partition coefficient (Wildman–Crippen LogP) is 3.79. The number of thiazole rings is 1. The van der Waals surface area contributed by atoms with Crippen LogP contribution in [0.5, 0.6) is 0 Å². The smallest absolute Gasteiger partial charge is 0.232 e. The van der Waals surface area contributed by atoms with Crippen molar-refractivity contribution in [2.24, 2.45) is 0 Å². The van der Waals surface area contributed by atoms with Gasteiger partial charge in [0.05, 0.1) is 24.2 Å². The van der Waals surface area contributed by atoms with Crippen LogP contribution in [0.15, 0.2) is 46.3 Å². The Morgan fingerprint density at radius 2 is 1.79 bits per heavy atom. The summed E-state index contributed by atoms with van der Waals surface area (Å²) in [5, 5.41) is 11.6. The number of aromatic nitrogens is 2. The van der Waals surface area contributed by atoms with E-state index in [1.54, 1.807) is 11.4 Å². The van der Waals surface area contributed by atoms with E-state index >= 15 is 0 Å². The van der Waals surface area contributed by atoms with Gasteiger partial charge in [0.1, 0.15) is 0 Å². The van der Waals surface area contributed by atoms with Gasteiger partial charge < -0.3 is 9.84 Å². The van der Waals surface area contributed by atoms with Gasteiger partial charge in [-0.2, -0.15) is 0 Å². The van der Waals surface area contributed by atoms with Crippen molar-refractivity contribution >= 4 is 34.2 Å². The largest absolute Gasteiger partial charge is 0.338 e. The average molecular weight is 398 g/mol. The van der Waals surface area contributed by atoms with Gasteiger partial charge in [-0.3, -0.25) is 14.9 Å². The summed E-state index contributed by atoms with van der Waals surface area (Å²) < 4.78 is 5.16. The Morgan fingerprint density at radius 3 is 2.46 bits per heavy atom. The van der Waals surface area contributed by atoms with Crippen molar-refractivity contribution in [3.05, 3.63) is 58.7 Å². The molecule has 0 aliphatic carbocycles. The van der Waals surface area contributed by atoms with Crippen LogP contribution in [0.25, 0.3) is 0 Å². The molecule has 146 valence electrons. The highest BCUT2D eigenvalue weighted by Crippen LogP contribution is 2.24. The first kappa shape index (κ1) is 19.8. The summed E-state index contributed by atoms with van der Waals surface area (Å²) in [5.41, 5.74) is 2.11. The van der Waals surface area contributed by atoms with Crippen LogP contribution in [0.3, 0.4) is 0 Å². The van der Waals surface area contributed by atoms with Crippen LogP contribution in [0.4, 0.5) is 11.0 Å². The summed E-state index contributed by atoms with van der Waals surface area (Å²) in [6.07, 6.45) is 0.356. The van der Waals surface area contributed by atoms with Crippen molar-refractivity contribution in [1.29, 1.82) is 0 Å². The molecule has 0 aliphatic rings. The Labute approximate surface area is 167 Å². The fourth-order valence-electron chi connectivity index (χ4n) is 2.42. The fourth-order valence-corrected chi connectivity index (χ4v) is 3.15. The van der Waals surface area contributed by atoms with E-state index in [0.29, 0.717) is 16.7 Å². The molecule has 3 rings (SSSR count). The van der Waals surface area contributed by atoms with E-state index in [9.17, 15) is 9.59 Å². The molecule has 0 unspecified atom stereocenters. The molecule has 0 spiro atoms. The van der Waals surface area contributed by atoms with Crippen molar-refractivity contribution < 1.29 is 14.1 Å². The van der Waals surface area contributed by atoms with E-state index in [-0.39, 0.29) is 30.1 Å². The SMILES string of the molecule is CC(C)(C)c1cc(NC(=O)Cc2csc(NC(=O)Cc3ccccc3)n2)on1. The minimum atomic E-state index is -0.260. The van der Waals surface area contributed by atoms with E-state index in [1.165, 1.54) is 11.3 Å². The van der Waals surface area contributed by atoms with Gasteiger partial charge in [-0.15, -0.1) is 11.3 Å². The summed E-state index contributed by atoms with van der Waals surface area (Å²) in [6.45, 7) is 6.04. The third-order valence-corrected chi connectivity index (χ3v) is 4.70. The van der Waals surface area contributed by atoms with Crippen molar-refractivity contribution in [1.82, 2.24) is 10.1 Å². The van der Waals surface area contributed by atoms with Crippen LogP contribution in [0, 0.1) is 0 Å². The van der Waals surface area contributed by atoms with E-state index in [2.05, 4.69) is 20.8 Å². The third-order valence-electron chi connectivity index (χ3n) is 3.89. The van der Waals surface area contributed by atoms with Gasteiger partial charge in [0.15, 0.2) is 5.13 Å². The molecule has 3 aromatic rings. The zero-order valence-electron chi connectivity index (χ0n) is 16.0. The molecule has 0 aliphatic heterocycles. The summed E-state index contributed by atoms with van der Waals surface area (Å²) in [7, 11) is 0. The zero-order chi connectivity index (χ0) is 20.1. The van der Waals surface area contributed by atoms with Crippen molar-refractivity contribution in [3.63, 3.8) is 0 Å². The van der Waals surface area contributed by atoms with Crippen LogP contribution < -0.4 is 10.6 Å². The first-order valence-corrected chi connectivity index (χ1v) is 9.73. The molecule has 0 bridgehead atoms. The van der Waals surface area contributed by atoms with Gasteiger partial charge >= 0.3 is 0 Å². The Kier molecular flexibility index (Phi) is 5.89. The second kappa shape index (κ2) is 8.35. The molecule has 0 saturated carbocycles. The molecule has 2 amide bonds. The molecule has 8 heteroatoms. The summed E-state index contributed by atoms with van der Waals surface area (Å²) in [6, 6.07) is 11.2. The maximum Gasteiger partial charge on any atom is 0.232 e. The van der Waals surface area contributed by atoms with Crippen molar-refractivity contribution in [2.75, 3.05) is 10.6 Å². The van der Waals surface area contributed by atoms with Gasteiger partial charge in [-0.25, -0.2) is 4.98 Å². The minimum absolute atomic E-state index is 0.0800. The van der Waals surface area contributed by atoms with E-state index in [1.807, 2.05) is 51.1 Å². The summed E-state index contributed by atoms with van der Waals surface area (Å²) in [4.78, 5) is 28.6. The number of rotatable bonds is 6. The van der Waals surface area contributed by atoms with Gasteiger partial charge in [0, 0.05) is 16.9 Å². The Hall–Kier alpha value is -3.00. The first-order chi connectivity index (χ1) is 13.3. The van der Waals surface area contributed by atoms with Crippen molar-refractivity contribution in [2.45, 2.75) is 39.0 Å². The molecular formula is C20H22N4O3S. The number of anilines is 2. The van der Waals surface area contributed by atoms with E-state index < -0.39 is 0 Å². The fraction of sp³-hybridized carbons (Fsp3) is 0.300. The number of amides is 2. The van der Waals surface area contributed by atoms with Crippen LogP contribution in [0.2, 0.25) is 0 Å². The summed E-state index contributed by atoms with van der Waals surface area (Å²) >= 11 is 1.29. The lowest BCUT2D eigenvalue weighted by Crippen LogP contribution is -2.16. The van der Waals surface area contributed by atoms with Crippen LogP contribution in [-0.4, -0.2) is 22.0 Å². The Balaban J connectivity index is 1.52. The zero-order valence-corrected chi connectivity index (χ0v) is 16.8. The monoisotopic (exact) mass is 398 g/mol. The predicted molar refractivity (Wildman–Crippen MR) is 108 cm³/mol. The molecule has 0 saturated heterocycles. The first-order valence-electron chi connectivity index (χ1n) is 8.85. The molecule has 2 aromatic heterocycles. The number of carbonyl (C=O) groups is 2. The van der Waals surface area contributed by atoms with E-state index in [4.69, 9.17) is 4.52 Å². The molecule has 0 fully saturated rings. The Bertz CT molecular complexity index is 957. The normalized spacial score (nSPS) is 11.2. The third kappa shape index (κ3) is 5.50.